The maximum atomic E-state index is 5.84. The van der Waals surface area contributed by atoms with Crippen LogP contribution in [-0.2, 0) is 0 Å². The Morgan fingerprint density at radius 3 is 1.88 bits per heavy atom. The Kier molecular flexibility index (Phi) is 0.617. The molecule has 2 fully saturated rings. The number of rotatable bonds is 0. The van der Waals surface area contributed by atoms with E-state index in [0.29, 0.717) is 0 Å². The molecule has 0 aromatic heterocycles. The zero-order valence-electron chi connectivity index (χ0n) is 5.41. The van der Waals surface area contributed by atoms with Gasteiger partial charge in [0.25, 0.3) is 0 Å². The van der Waals surface area contributed by atoms with Gasteiger partial charge in [0, 0.05) is 0 Å². The first-order valence-corrected chi connectivity index (χ1v) is 3.41. The molecule has 0 atom stereocenters. The molecular formula is C7H11B. The van der Waals surface area contributed by atoms with Crippen LogP contribution in [0.4, 0.5) is 0 Å². The van der Waals surface area contributed by atoms with Crippen LogP contribution in [0.2, 0.25) is 5.31 Å². The van der Waals surface area contributed by atoms with Crippen molar-refractivity contribution in [2.45, 2.75) is 37.9 Å². The Hall–Kier alpha value is 0.0649. The zero-order chi connectivity index (χ0) is 5.83. The minimum absolute atomic E-state index is 0.219. The summed E-state index contributed by atoms with van der Waals surface area (Å²) >= 11 is 0. The van der Waals surface area contributed by atoms with Crippen LogP contribution in [0.1, 0.15) is 32.6 Å². The molecule has 0 saturated heterocycles. The minimum atomic E-state index is 0.219. The van der Waals surface area contributed by atoms with Crippen molar-refractivity contribution in [3.05, 3.63) is 0 Å². The molecule has 2 aliphatic carbocycles. The summed E-state index contributed by atoms with van der Waals surface area (Å²) < 4.78 is 0. The zero-order valence-corrected chi connectivity index (χ0v) is 5.41. The molecule has 0 aromatic carbocycles. The Balaban J connectivity index is 2.00. The van der Waals surface area contributed by atoms with E-state index in [1.165, 1.54) is 25.7 Å². The van der Waals surface area contributed by atoms with Crippen LogP contribution in [0.3, 0.4) is 0 Å². The summed E-state index contributed by atoms with van der Waals surface area (Å²) in [6, 6.07) is 0. The van der Waals surface area contributed by atoms with Crippen LogP contribution >= 0.6 is 0 Å². The van der Waals surface area contributed by atoms with Crippen molar-refractivity contribution < 1.29 is 0 Å². The van der Waals surface area contributed by atoms with Crippen molar-refractivity contribution in [1.29, 1.82) is 0 Å². The molecule has 2 rings (SSSR count). The van der Waals surface area contributed by atoms with E-state index in [1.807, 2.05) is 0 Å². The van der Waals surface area contributed by atoms with Crippen LogP contribution in [0.15, 0.2) is 0 Å². The fraction of sp³-hybridized carbons (Fsp3) is 1.00. The molecule has 1 spiro atoms. The van der Waals surface area contributed by atoms with E-state index in [-0.39, 0.29) is 5.31 Å². The monoisotopic (exact) mass is 106 g/mol. The highest BCUT2D eigenvalue weighted by molar-refractivity contribution is 6.15. The van der Waals surface area contributed by atoms with Gasteiger partial charge in [-0.15, -0.1) is 0 Å². The van der Waals surface area contributed by atoms with Gasteiger partial charge in [-0.3, -0.25) is 0 Å². The molecule has 0 heterocycles. The fourth-order valence-electron chi connectivity index (χ4n) is 2.19. The second kappa shape index (κ2) is 1.01. The lowest BCUT2D eigenvalue weighted by Crippen LogP contribution is -2.29. The van der Waals surface area contributed by atoms with Crippen molar-refractivity contribution in [3.63, 3.8) is 0 Å². The predicted octanol–water partition coefficient (Wildman–Crippen LogP) is 1.91. The van der Waals surface area contributed by atoms with Crippen LogP contribution < -0.4 is 0 Å². The van der Waals surface area contributed by atoms with Gasteiger partial charge < -0.3 is 0 Å². The van der Waals surface area contributed by atoms with E-state index in [0.717, 1.165) is 5.41 Å². The van der Waals surface area contributed by atoms with Gasteiger partial charge in [-0.2, -0.15) is 0 Å². The van der Waals surface area contributed by atoms with Crippen LogP contribution in [0.5, 0.6) is 0 Å². The Morgan fingerprint density at radius 1 is 1.25 bits per heavy atom. The van der Waals surface area contributed by atoms with Crippen molar-refractivity contribution in [3.8, 4) is 0 Å². The normalized spacial score (nSPS) is 36.6. The molecule has 2 radical (unpaired) electrons. The lowest BCUT2D eigenvalue weighted by Gasteiger charge is -2.44. The van der Waals surface area contributed by atoms with Gasteiger partial charge in [0.15, 0.2) is 0 Å². The summed E-state index contributed by atoms with van der Waals surface area (Å²) in [7, 11) is 5.84. The number of hydrogen-bond donors (Lipinski definition) is 0. The predicted molar refractivity (Wildman–Crippen MR) is 35.0 cm³/mol. The van der Waals surface area contributed by atoms with Crippen molar-refractivity contribution in [2.75, 3.05) is 0 Å². The maximum Gasteiger partial charge on any atom is 0.0743 e. The minimum Gasteiger partial charge on any atom is -0.0678 e. The summed E-state index contributed by atoms with van der Waals surface area (Å²) in [5.74, 6) is 0. The van der Waals surface area contributed by atoms with E-state index in [1.54, 1.807) is 0 Å². The quantitative estimate of drug-likeness (QED) is 0.413. The highest BCUT2D eigenvalue weighted by Gasteiger charge is 2.55. The van der Waals surface area contributed by atoms with E-state index in [2.05, 4.69) is 6.92 Å². The molecule has 0 unspecified atom stereocenters. The summed E-state index contributed by atoms with van der Waals surface area (Å²) in [5.41, 5.74) is 0.781. The Bertz CT molecular complexity index is 110. The first-order valence-electron chi connectivity index (χ1n) is 3.41. The van der Waals surface area contributed by atoms with Crippen molar-refractivity contribution >= 4 is 7.85 Å². The summed E-state index contributed by atoms with van der Waals surface area (Å²) in [6.45, 7) is 2.16. The molecule has 2 aliphatic rings. The number of hydrogen-bond acceptors (Lipinski definition) is 0. The summed E-state index contributed by atoms with van der Waals surface area (Å²) in [5, 5.41) is 0.219. The second-order valence-corrected chi connectivity index (χ2v) is 4.01. The summed E-state index contributed by atoms with van der Waals surface area (Å²) in [6.07, 6.45) is 5.50. The molecule has 42 valence electrons. The third kappa shape index (κ3) is 0.534. The van der Waals surface area contributed by atoms with Crippen LogP contribution in [-0.4, -0.2) is 7.85 Å². The van der Waals surface area contributed by atoms with Crippen LogP contribution in [0.25, 0.3) is 0 Å². The molecule has 0 aromatic rings. The molecule has 0 nitrogen and oxygen atoms in total. The third-order valence-corrected chi connectivity index (χ3v) is 2.51. The van der Waals surface area contributed by atoms with Gasteiger partial charge in [-0.1, -0.05) is 25.1 Å². The highest BCUT2D eigenvalue weighted by Crippen LogP contribution is 2.70. The topological polar surface area (TPSA) is 0 Å². The average Bonchev–Trinajstić information content (AvgIpc) is 2.12. The summed E-state index contributed by atoms with van der Waals surface area (Å²) in [4.78, 5) is 0. The fourth-order valence-corrected chi connectivity index (χ4v) is 2.19. The van der Waals surface area contributed by atoms with Gasteiger partial charge in [0.2, 0.25) is 0 Å². The Labute approximate surface area is 52.1 Å². The molecule has 0 N–H and O–H groups in total. The molecule has 0 bridgehead atoms. The third-order valence-electron chi connectivity index (χ3n) is 2.51. The van der Waals surface area contributed by atoms with Gasteiger partial charge in [0.05, 0.1) is 7.85 Å². The Morgan fingerprint density at radius 2 is 1.75 bits per heavy atom. The van der Waals surface area contributed by atoms with E-state index >= 15 is 0 Å². The van der Waals surface area contributed by atoms with Crippen molar-refractivity contribution in [2.24, 2.45) is 5.41 Å². The molecule has 2 saturated carbocycles. The first-order chi connectivity index (χ1) is 3.62. The smallest absolute Gasteiger partial charge is 0.0678 e. The SMILES string of the molecule is [B]C1(C)CC2(CC2)C1. The lowest BCUT2D eigenvalue weighted by atomic mass is 9.50. The largest absolute Gasteiger partial charge is 0.0743 e. The van der Waals surface area contributed by atoms with E-state index in [9.17, 15) is 0 Å². The highest BCUT2D eigenvalue weighted by atomic mass is 14.6. The first kappa shape index (κ1) is 4.90. The standard InChI is InChI=1S/C7H11B/c1-6(8)4-7(5-6)2-3-7/h2-5H2,1H3. The molecule has 0 aliphatic heterocycles. The van der Waals surface area contributed by atoms with Crippen molar-refractivity contribution in [1.82, 2.24) is 0 Å². The molecule has 0 amide bonds. The molecule has 8 heavy (non-hydrogen) atoms. The van der Waals surface area contributed by atoms with Gasteiger partial charge >= 0.3 is 0 Å². The lowest BCUT2D eigenvalue weighted by molar-refractivity contribution is 0.205. The van der Waals surface area contributed by atoms with E-state index in [4.69, 9.17) is 7.85 Å². The van der Waals surface area contributed by atoms with Gasteiger partial charge in [-0.25, -0.2) is 0 Å². The molecule has 1 heteroatoms. The molecular weight excluding hydrogens is 94.9 g/mol. The van der Waals surface area contributed by atoms with E-state index < -0.39 is 0 Å². The van der Waals surface area contributed by atoms with Crippen LogP contribution in [0, 0.1) is 5.41 Å². The second-order valence-electron chi connectivity index (χ2n) is 4.01. The van der Waals surface area contributed by atoms with Gasteiger partial charge in [-0.05, 0) is 18.3 Å². The average molecular weight is 106 g/mol. The van der Waals surface area contributed by atoms with Gasteiger partial charge in [0.1, 0.15) is 0 Å². The maximum absolute atomic E-state index is 5.84.